The second kappa shape index (κ2) is 7.49. The fourth-order valence-corrected chi connectivity index (χ4v) is 4.19. The first kappa shape index (κ1) is 18.3. The zero-order chi connectivity index (χ0) is 19.7. The van der Waals surface area contributed by atoms with Crippen LogP contribution in [0.4, 0.5) is 5.69 Å². The molecule has 0 fully saturated rings. The van der Waals surface area contributed by atoms with E-state index in [0.717, 1.165) is 21.6 Å². The van der Waals surface area contributed by atoms with Crippen molar-refractivity contribution in [3.8, 4) is 0 Å². The van der Waals surface area contributed by atoms with Crippen LogP contribution in [0.15, 0.2) is 88.7 Å². The predicted octanol–water partition coefficient (Wildman–Crippen LogP) is 5.38. The normalized spacial score (nSPS) is 14.1. The van der Waals surface area contributed by atoms with Crippen molar-refractivity contribution in [3.63, 3.8) is 0 Å². The summed E-state index contributed by atoms with van der Waals surface area (Å²) < 4.78 is 0. The Kier molecular flexibility index (Phi) is 4.88. The van der Waals surface area contributed by atoms with Gasteiger partial charge in [-0.25, -0.2) is 4.90 Å². The molecule has 0 aliphatic carbocycles. The summed E-state index contributed by atoms with van der Waals surface area (Å²) in [6, 6.07) is 24.6. The van der Waals surface area contributed by atoms with Crippen LogP contribution < -0.4 is 4.90 Å². The van der Waals surface area contributed by atoms with Gasteiger partial charge in [0.2, 0.25) is 0 Å². The van der Waals surface area contributed by atoms with E-state index >= 15 is 0 Å². The van der Waals surface area contributed by atoms with Gasteiger partial charge in [0.1, 0.15) is 0 Å². The summed E-state index contributed by atoms with van der Waals surface area (Å²) in [5.41, 5.74) is 4.07. The van der Waals surface area contributed by atoms with Crippen molar-refractivity contribution >= 4 is 34.8 Å². The van der Waals surface area contributed by atoms with Gasteiger partial charge in [-0.05, 0) is 54.8 Å². The van der Waals surface area contributed by atoms with Gasteiger partial charge in [0, 0.05) is 4.90 Å². The Bertz CT molecular complexity index is 1090. The van der Waals surface area contributed by atoms with E-state index < -0.39 is 0 Å². The van der Waals surface area contributed by atoms with Crippen molar-refractivity contribution in [1.82, 2.24) is 0 Å². The van der Waals surface area contributed by atoms with Gasteiger partial charge in [0.25, 0.3) is 11.8 Å². The molecule has 1 aliphatic heterocycles. The molecular weight excluding hydrogens is 366 g/mol. The first-order valence-corrected chi connectivity index (χ1v) is 9.86. The van der Waals surface area contributed by atoms with Crippen LogP contribution in [0.3, 0.4) is 0 Å². The largest absolute Gasteiger partial charge is 0.272 e. The summed E-state index contributed by atoms with van der Waals surface area (Å²) >= 11 is 1.34. The molecule has 0 saturated heterocycles. The Hall–Kier alpha value is -3.11. The summed E-state index contributed by atoms with van der Waals surface area (Å²) in [4.78, 5) is 29.3. The van der Waals surface area contributed by atoms with Crippen LogP contribution in [0.25, 0.3) is 5.57 Å². The third-order valence-electron chi connectivity index (χ3n) is 4.81. The van der Waals surface area contributed by atoms with Gasteiger partial charge in [-0.3, -0.25) is 9.59 Å². The molecule has 0 atom stereocenters. The van der Waals surface area contributed by atoms with E-state index in [2.05, 4.69) is 0 Å². The molecule has 0 aromatic heterocycles. The van der Waals surface area contributed by atoms with Crippen LogP contribution in [-0.4, -0.2) is 11.8 Å². The number of aryl methyl sites for hydroxylation is 2. The second-order valence-electron chi connectivity index (χ2n) is 6.70. The monoisotopic (exact) mass is 385 g/mol. The number of imide groups is 1. The van der Waals surface area contributed by atoms with Crippen molar-refractivity contribution in [2.45, 2.75) is 18.7 Å². The molecule has 1 aliphatic rings. The number of thioether (sulfide) groups is 1. The first-order chi connectivity index (χ1) is 13.6. The van der Waals surface area contributed by atoms with Gasteiger partial charge in [0.05, 0.1) is 16.2 Å². The Labute approximate surface area is 168 Å². The average molecular weight is 385 g/mol. The molecule has 0 bridgehead atoms. The van der Waals surface area contributed by atoms with Crippen molar-refractivity contribution in [3.05, 3.63) is 100 Å². The van der Waals surface area contributed by atoms with Crippen LogP contribution in [0.5, 0.6) is 0 Å². The zero-order valence-electron chi connectivity index (χ0n) is 15.7. The van der Waals surface area contributed by atoms with Gasteiger partial charge < -0.3 is 0 Å². The third kappa shape index (κ3) is 3.27. The minimum absolute atomic E-state index is 0.279. The maximum atomic E-state index is 13.3. The molecule has 28 heavy (non-hydrogen) atoms. The molecule has 138 valence electrons. The highest BCUT2D eigenvalue weighted by atomic mass is 32.2. The molecule has 4 heteroatoms. The highest BCUT2D eigenvalue weighted by Gasteiger charge is 2.40. The van der Waals surface area contributed by atoms with E-state index in [1.165, 1.54) is 16.7 Å². The second-order valence-corrected chi connectivity index (χ2v) is 7.78. The van der Waals surface area contributed by atoms with Crippen molar-refractivity contribution in [2.24, 2.45) is 0 Å². The standard InChI is InChI=1S/C24H19NO2S/c1-16-13-14-18(15-17(16)2)21-22(28-20-11-7-4-8-12-20)24(27)25(23(21)26)19-9-5-3-6-10-19/h3-15H,1-2H3. The molecule has 0 radical (unpaired) electrons. The van der Waals surface area contributed by atoms with Crippen LogP contribution in [0, 0.1) is 13.8 Å². The minimum atomic E-state index is -0.280. The van der Waals surface area contributed by atoms with E-state index in [1.807, 2.05) is 80.6 Å². The van der Waals surface area contributed by atoms with Gasteiger partial charge in [-0.15, -0.1) is 0 Å². The number of para-hydroxylation sites is 1. The Morgan fingerprint density at radius 3 is 2.00 bits per heavy atom. The average Bonchev–Trinajstić information content (AvgIpc) is 2.95. The predicted molar refractivity (Wildman–Crippen MR) is 114 cm³/mol. The van der Waals surface area contributed by atoms with Crippen LogP contribution in [0.2, 0.25) is 0 Å². The maximum absolute atomic E-state index is 13.3. The van der Waals surface area contributed by atoms with E-state index in [1.54, 1.807) is 12.1 Å². The number of benzene rings is 3. The third-order valence-corrected chi connectivity index (χ3v) is 5.91. The van der Waals surface area contributed by atoms with Crippen LogP contribution in [-0.2, 0) is 9.59 Å². The molecule has 0 spiro atoms. The molecule has 0 N–H and O–H groups in total. The summed E-state index contributed by atoms with van der Waals surface area (Å²) in [6.07, 6.45) is 0. The van der Waals surface area contributed by atoms with Crippen LogP contribution in [0.1, 0.15) is 16.7 Å². The number of amides is 2. The van der Waals surface area contributed by atoms with Crippen molar-refractivity contribution in [2.75, 3.05) is 4.90 Å². The van der Waals surface area contributed by atoms with Gasteiger partial charge in [-0.2, -0.15) is 0 Å². The highest BCUT2D eigenvalue weighted by Crippen LogP contribution is 2.41. The Balaban J connectivity index is 1.85. The lowest BCUT2D eigenvalue weighted by Crippen LogP contribution is -2.31. The van der Waals surface area contributed by atoms with Gasteiger partial charge in [-0.1, -0.05) is 66.4 Å². The lowest BCUT2D eigenvalue weighted by molar-refractivity contribution is -0.119. The van der Waals surface area contributed by atoms with Gasteiger partial charge >= 0.3 is 0 Å². The summed E-state index contributed by atoms with van der Waals surface area (Å²) in [5.74, 6) is -0.559. The lowest BCUT2D eigenvalue weighted by atomic mass is 10.0. The highest BCUT2D eigenvalue weighted by molar-refractivity contribution is 8.04. The van der Waals surface area contributed by atoms with Gasteiger partial charge in [0.15, 0.2) is 0 Å². The SMILES string of the molecule is Cc1ccc(C2=C(Sc3ccccc3)C(=O)N(c3ccccc3)C2=O)cc1C. The first-order valence-electron chi connectivity index (χ1n) is 9.05. The Morgan fingerprint density at radius 2 is 1.36 bits per heavy atom. The lowest BCUT2D eigenvalue weighted by Gasteiger charge is -2.15. The zero-order valence-corrected chi connectivity index (χ0v) is 16.5. The number of hydrogen-bond acceptors (Lipinski definition) is 3. The molecule has 3 aromatic carbocycles. The maximum Gasteiger partial charge on any atom is 0.272 e. The fourth-order valence-electron chi connectivity index (χ4n) is 3.17. The number of carbonyl (C=O) groups excluding carboxylic acids is 2. The number of hydrogen-bond donors (Lipinski definition) is 0. The molecule has 3 nitrogen and oxygen atoms in total. The molecule has 1 heterocycles. The summed E-state index contributed by atoms with van der Waals surface area (Å²) in [7, 11) is 0. The molecule has 2 amide bonds. The summed E-state index contributed by atoms with van der Waals surface area (Å²) in [6.45, 7) is 4.05. The fraction of sp³-hybridized carbons (Fsp3) is 0.0833. The molecule has 4 rings (SSSR count). The number of rotatable bonds is 4. The molecule has 3 aromatic rings. The van der Waals surface area contributed by atoms with Crippen LogP contribution >= 0.6 is 11.8 Å². The quantitative estimate of drug-likeness (QED) is 0.566. The molecular formula is C24H19NO2S. The summed E-state index contributed by atoms with van der Waals surface area (Å²) in [5, 5.41) is 0. The minimum Gasteiger partial charge on any atom is -0.268 e. The van der Waals surface area contributed by atoms with Crippen molar-refractivity contribution < 1.29 is 9.59 Å². The Morgan fingerprint density at radius 1 is 0.714 bits per heavy atom. The van der Waals surface area contributed by atoms with E-state index in [4.69, 9.17) is 0 Å². The van der Waals surface area contributed by atoms with E-state index in [-0.39, 0.29) is 11.8 Å². The number of nitrogens with zero attached hydrogens (tertiary/aromatic N) is 1. The number of anilines is 1. The molecule has 0 unspecified atom stereocenters. The smallest absolute Gasteiger partial charge is 0.268 e. The van der Waals surface area contributed by atoms with Crippen molar-refractivity contribution in [1.29, 1.82) is 0 Å². The number of carbonyl (C=O) groups is 2. The molecule has 0 saturated carbocycles. The van der Waals surface area contributed by atoms with E-state index in [0.29, 0.717) is 16.2 Å². The van der Waals surface area contributed by atoms with E-state index in [9.17, 15) is 9.59 Å². The topological polar surface area (TPSA) is 37.4 Å².